The third kappa shape index (κ3) is 3.82. The van der Waals surface area contributed by atoms with Crippen molar-refractivity contribution in [2.24, 2.45) is 0 Å². The molecule has 0 aliphatic heterocycles. The van der Waals surface area contributed by atoms with Crippen molar-refractivity contribution in [3.63, 3.8) is 0 Å². The molecule has 1 heterocycles. The van der Waals surface area contributed by atoms with Crippen molar-refractivity contribution < 1.29 is 9.72 Å². The minimum absolute atomic E-state index is 0.0338. The van der Waals surface area contributed by atoms with Crippen LogP contribution in [0.1, 0.15) is 11.3 Å². The van der Waals surface area contributed by atoms with E-state index in [1.54, 1.807) is 6.07 Å². The molecule has 2 aromatic rings. The third-order valence-electron chi connectivity index (χ3n) is 2.76. The number of aromatic amines is 2. The quantitative estimate of drug-likeness (QED) is 0.454. The fourth-order valence-corrected chi connectivity index (χ4v) is 1.71. The molecular formula is C13H13N5O4. The van der Waals surface area contributed by atoms with Crippen molar-refractivity contribution in [2.45, 2.75) is 6.42 Å². The van der Waals surface area contributed by atoms with Crippen molar-refractivity contribution in [1.82, 2.24) is 21.0 Å². The second kappa shape index (κ2) is 6.39. The largest absolute Gasteiger partial charge is 0.302 e. The fourth-order valence-electron chi connectivity index (χ4n) is 1.71. The number of nitro benzene ring substituents is 1. The normalized spacial score (nSPS) is 10.0. The number of nitrogens with zero attached hydrogens (tertiary/aromatic N) is 1. The highest BCUT2D eigenvalue weighted by atomic mass is 16.6. The Labute approximate surface area is 124 Å². The number of H-pyrrole nitrogens is 2. The number of nitrogens with one attached hydrogen (secondary N) is 4. The topological polar surface area (TPSA) is 133 Å². The molecule has 114 valence electrons. The average Bonchev–Trinajstić information content (AvgIpc) is 2.90. The van der Waals surface area contributed by atoms with Gasteiger partial charge in [0.05, 0.1) is 17.0 Å². The van der Waals surface area contributed by atoms with Gasteiger partial charge in [-0.1, -0.05) is 18.7 Å². The first-order chi connectivity index (χ1) is 10.5. The van der Waals surface area contributed by atoms with E-state index in [1.807, 2.05) is 0 Å². The SMILES string of the molecule is C=C(NNC(=O)Cc1cc(=O)[nH][nH]1)c1cccc([N+](=O)[O-])c1. The lowest BCUT2D eigenvalue weighted by atomic mass is 10.1. The molecule has 0 bridgehead atoms. The maximum Gasteiger partial charge on any atom is 0.270 e. The van der Waals surface area contributed by atoms with Crippen LogP contribution in [0.4, 0.5) is 5.69 Å². The van der Waals surface area contributed by atoms with Gasteiger partial charge in [0, 0.05) is 29.5 Å². The molecule has 22 heavy (non-hydrogen) atoms. The minimum atomic E-state index is -0.516. The average molecular weight is 303 g/mol. The Bertz CT molecular complexity index is 776. The lowest BCUT2D eigenvalue weighted by Crippen LogP contribution is -2.36. The first-order valence-corrected chi connectivity index (χ1v) is 6.21. The van der Waals surface area contributed by atoms with Gasteiger partial charge >= 0.3 is 0 Å². The summed E-state index contributed by atoms with van der Waals surface area (Å²) >= 11 is 0. The number of hydrazine groups is 1. The van der Waals surface area contributed by atoms with E-state index in [-0.39, 0.29) is 17.7 Å². The van der Waals surface area contributed by atoms with E-state index in [0.717, 1.165) is 0 Å². The number of carbonyl (C=O) groups is 1. The van der Waals surface area contributed by atoms with Crippen LogP contribution in [-0.2, 0) is 11.2 Å². The fraction of sp³-hybridized carbons (Fsp3) is 0.0769. The number of carbonyl (C=O) groups excluding carboxylic acids is 1. The van der Waals surface area contributed by atoms with Crippen LogP contribution in [0.5, 0.6) is 0 Å². The highest BCUT2D eigenvalue weighted by molar-refractivity contribution is 5.79. The maximum atomic E-state index is 11.7. The second-order valence-corrected chi connectivity index (χ2v) is 4.42. The molecule has 0 saturated heterocycles. The smallest absolute Gasteiger partial charge is 0.270 e. The van der Waals surface area contributed by atoms with Crippen LogP contribution in [0.25, 0.3) is 5.70 Å². The van der Waals surface area contributed by atoms with E-state index in [0.29, 0.717) is 17.0 Å². The van der Waals surface area contributed by atoms with Gasteiger partial charge < -0.3 is 5.10 Å². The highest BCUT2D eigenvalue weighted by Gasteiger charge is 2.09. The van der Waals surface area contributed by atoms with Crippen molar-refractivity contribution in [3.8, 4) is 0 Å². The molecule has 9 nitrogen and oxygen atoms in total. The van der Waals surface area contributed by atoms with Crippen LogP contribution >= 0.6 is 0 Å². The third-order valence-corrected chi connectivity index (χ3v) is 2.76. The zero-order valence-corrected chi connectivity index (χ0v) is 11.4. The molecule has 1 amide bonds. The summed E-state index contributed by atoms with van der Waals surface area (Å²) in [7, 11) is 0. The van der Waals surface area contributed by atoms with E-state index >= 15 is 0 Å². The van der Waals surface area contributed by atoms with E-state index in [2.05, 4.69) is 27.6 Å². The summed E-state index contributed by atoms with van der Waals surface area (Å²) < 4.78 is 0. The lowest BCUT2D eigenvalue weighted by Gasteiger charge is -2.10. The van der Waals surface area contributed by atoms with Gasteiger partial charge in [0.1, 0.15) is 0 Å². The summed E-state index contributed by atoms with van der Waals surface area (Å²) in [4.78, 5) is 32.8. The van der Waals surface area contributed by atoms with E-state index in [9.17, 15) is 19.7 Å². The summed E-state index contributed by atoms with van der Waals surface area (Å²) in [6.07, 6.45) is -0.0338. The van der Waals surface area contributed by atoms with Gasteiger partial charge in [-0.2, -0.15) is 0 Å². The molecule has 4 N–H and O–H groups in total. The molecular weight excluding hydrogens is 290 g/mol. The molecule has 2 rings (SSSR count). The Hall–Kier alpha value is -3.36. The molecule has 0 saturated carbocycles. The molecule has 1 aromatic carbocycles. The highest BCUT2D eigenvalue weighted by Crippen LogP contribution is 2.16. The Kier molecular flexibility index (Phi) is 4.37. The Morgan fingerprint density at radius 1 is 1.27 bits per heavy atom. The van der Waals surface area contributed by atoms with Gasteiger partial charge in [0.2, 0.25) is 5.91 Å². The summed E-state index contributed by atoms with van der Waals surface area (Å²) in [5.74, 6) is -0.401. The molecule has 0 atom stereocenters. The molecule has 0 aliphatic carbocycles. The van der Waals surface area contributed by atoms with E-state index in [1.165, 1.54) is 24.3 Å². The Balaban J connectivity index is 1.92. The zero-order chi connectivity index (χ0) is 16.1. The van der Waals surface area contributed by atoms with Gasteiger partial charge in [-0.05, 0) is 0 Å². The Morgan fingerprint density at radius 3 is 2.68 bits per heavy atom. The van der Waals surface area contributed by atoms with Gasteiger partial charge in [0.25, 0.3) is 11.2 Å². The summed E-state index contributed by atoms with van der Waals surface area (Å²) in [5, 5.41) is 15.6. The van der Waals surface area contributed by atoms with E-state index in [4.69, 9.17) is 0 Å². The van der Waals surface area contributed by atoms with Crippen molar-refractivity contribution in [1.29, 1.82) is 0 Å². The van der Waals surface area contributed by atoms with Gasteiger partial charge in [-0.3, -0.25) is 35.7 Å². The lowest BCUT2D eigenvalue weighted by molar-refractivity contribution is -0.384. The van der Waals surface area contributed by atoms with Crippen molar-refractivity contribution in [3.05, 3.63) is 68.6 Å². The minimum Gasteiger partial charge on any atom is -0.302 e. The standard InChI is InChI=1S/C13H13N5O4/c1-8(9-3-2-4-11(5-9)18(21)22)14-16-12(19)6-10-7-13(20)17-15-10/h2-5,7,14H,1,6H2,(H,16,19)(H2,15,17,20). The monoisotopic (exact) mass is 303 g/mol. The van der Waals surface area contributed by atoms with Gasteiger partial charge in [0.15, 0.2) is 0 Å². The summed E-state index contributed by atoms with van der Waals surface area (Å²) in [6.45, 7) is 3.70. The summed E-state index contributed by atoms with van der Waals surface area (Å²) in [5.41, 5.74) is 5.79. The predicted molar refractivity (Wildman–Crippen MR) is 78.5 cm³/mol. The number of nitro groups is 1. The van der Waals surface area contributed by atoms with Crippen LogP contribution in [-0.4, -0.2) is 21.0 Å². The molecule has 0 radical (unpaired) electrons. The van der Waals surface area contributed by atoms with E-state index < -0.39 is 10.8 Å². The first-order valence-electron chi connectivity index (χ1n) is 6.21. The number of hydrogen-bond donors (Lipinski definition) is 4. The number of aromatic nitrogens is 2. The first kappa shape index (κ1) is 15.0. The van der Waals surface area contributed by atoms with Crippen molar-refractivity contribution >= 4 is 17.3 Å². The van der Waals surface area contributed by atoms with Crippen LogP contribution in [0.2, 0.25) is 0 Å². The van der Waals surface area contributed by atoms with Crippen molar-refractivity contribution in [2.75, 3.05) is 0 Å². The molecule has 9 heteroatoms. The molecule has 0 aliphatic rings. The number of non-ortho nitro benzene ring substituents is 1. The predicted octanol–water partition coefficient (Wildman–Crippen LogP) is 0.445. The number of hydrogen-bond acceptors (Lipinski definition) is 5. The van der Waals surface area contributed by atoms with Crippen LogP contribution in [0.15, 0.2) is 41.7 Å². The molecule has 0 spiro atoms. The van der Waals surface area contributed by atoms with Gasteiger partial charge in [-0.25, -0.2) is 0 Å². The molecule has 0 unspecified atom stereocenters. The van der Waals surface area contributed by atoms with Crippen LogP contribution < -0.4 is 16.4 Å². The van der Waals surface area contributed by atoms with Gasteiger partial charge in [-0.15, -0.1) is 0 Å². The maximum absolute atomic E-state index is 11.7. The van der Waals surface area contributed by atoms with Crippen LogP contribution in [0.3, 0.4) is 0 Å². The second-order valence-electron chi connectivity index (χ2n) is 4.42. The zero-order valence-electron chi connectivity index (χ0n) is 11.4. The number of rotatable bonds is 6. The molecule has 0 fully saturated rings. The number of benzene rings is 1. The number of amides is 1. The Morgan fingerprint density at radius 2 is 2.05 bits per heavy atom. The summed E-state index contributed by atoms with van der Waals surface area (Å²) in [6, 6.07) is 7.11. The van der Waals surface area contributed by atoms with Crippen LogP contribution in [0, 0.1) is 10.1 Å². The molecule has 1 aromatic heterocycles.